The van der Waals surface area contributed by atoms with Gasteiger partial charge in [-0.15, -0.1) is 0 Å². The number of oxazole rings is 1. The van der Waals surface area contributed by atoms with Gasteiger partial charge in [-0.05, 0) is 39.3 Å². The number of amides is 1. The lowest BCUT2D eigenvalue weighted by molar-refractivity contribution is 0.0737. The Morgan fingerprint density at radius 1 is 1.35 bits per heavy atom. The second-order valence-corrected chi connectivity index (χ2v) is 5.83. The molecule has 3 rings (SSSR count). The van der Waals surface area contributed by atoms with Crippen LogP contribution in [0.15, 0.2) is 10.8 Å². The van der Waals surface area contributed by atoms with Crippen LogP contribution >= 0.6 is 0 Å². The molecular formula is C14H22N4O2. The van der Waals surface area contributed by atoms with E-state index in [1.807, 2.05) is 4.90 Å². The van der Waals surface area contributed by atoms with E-state index in [4.69, 9.17) is 10.2 Å². The molecule has 1 amide bonds. The summed E-state index contributed by atoms with van der Waals surface area (Å²) in [6, 6.07) is 0.817. The summed E-state index contributed by atoms with van der Waals surface area (Å²) in [5.74, 6) is 0.350. The molecule has 2 fully saturated rings. The summed E-state index contributed by atoms with van der Waals surface area (Å²) in [5.41, 5.74) is 6.61. The van der Waals surface area contributed by atoms with Crippen molar-refractivity contribution in [3.05, 3.63) is 17.8 Å². The topological polar surface area (TPSA) is 75.6 Å². The predicted octanol–water partition coefficient (Wildman–Crippen LogP) is 0.621. The van der Waals surface area contributed by atoms with Gasteiger partial charge in [0.05, 0.1) is 5.69 Å². The van der Waals surface area contributed by atoms with E-state index in [1.165, 1.54) is 6.39 Å². The predicted molar refractivity (Wildman–Crippen MR) is 74.3 cm³/mol. The van der Waals surface area contributed by atoms with Gasteiger partial charge in [0.15, 0.2) is 6.39 Å². The molecule has 0 spiro atoms. The lowest BCUT2D eigenvalue weighted by Crippen LogP contribution is -2.46. The summed E-state index contributed by atoms with van der Waals surface area (Å²) in [6.45, 7) is 5.49. The number of hydrogen-bond acceptors (Lipinski definition) is 5. The molecule has 2 aliphatic rings. The average molecular weight is 278 g/mol. The van der Waals surface area contributed by atoms with Crippen molar-refractivity contribution in [3.8, 4) is 0 Å². The minimum Gasteiger partial charge on any atom is -0.438 e. The smallest absolute Gasteiger partial charge is 0.291 e. The minimum atomic E-state index is -0.0313. The second-order valence-electron chi connectivity index (χ2n) is 5.83. The molecule has 0 aromatic carbocycles. The Hall–Kier alpha value is -1.40. The second kappa shape index (κ2) is 5.54. The molecule has 1 atom stereocenters. The Balaban J connectivity index is 1.59. The van der Waals surface area contributed by atoms with Gasteiger partial charge in [0.2, 0.25) is 5.76 Å². The molecule has 3 heterocycles. The van der Waals surface area contributed by atoms with Crippen LogP contribution in [-0.2, 0) is 0 Å². The molecule has 0 radical (unpaired) electrons. The highest BCUT2D eigenvalue weighted by molar-refractivity contribution is 5.92. The van der Waals surface area contributed by atoms with Crippen molar-refractivity contribution in [1.82, 2.24) is 14.8 Å². The zero-order chi connectivity index (χ0) is 14.1. The van der Waals surface area contributed by atoms with Gasteiger partial charge >= 0.3 is 0 Å². The molecule has 2 aliphatic heterocycles. The van der Waals surface area contributed by atoms with Crippen molar-refractivity contribution in [2.45, 2.75) is 38.3 Å². The summed E-state index contributed by atoms with van der Waals surface area (Å²) in [4.78, 5) is 20.7. The van der Waals surface area contributed by atoms with Gasteiger partial charge in [0.1, 0.15) is 0 Å². The third-order valence-electron chi connectivity index (χ3n) is 4.48. The molecular weight excluding hydrogens is 256 g/mol. The lowest BCUT2D eigenvalue weighted by Gasteiger charge is -2.34. The molecule has 20 heavy (non-hydrogen) atoms. The van der Waals surface area contributed by atoms with Crippen molar-refractivity contribution >= 4 is 5.91 Å². The van der Waals surface area contributed by atoms with Crippen molar-refractivity contribution in [1.29, 1.82) is 0 Å². The number of carbonyl (C=O) groups excluding carboxylic acids is 1. The van der Waals surface area contributed by atoms with Gasteiger partial charge in [-0.1, -0.05) is 0 Å². The van der Waals surface area contributed by atoms with Gasteiger partial charge in [-0.25, -0.2) is 4.98 Å². The maximum atomic E-state index is 12.4. The number of carbonyl (C=O) groups is 1. The fourth-order valence-electron chi connectivity index (χ4n) is 3.16. The number of piperidine rings is 1. The minimum absolute atomic E-state index is 0.0313. The zero-order valence-electron chi connectivity index (χ0n) is 11.9. The van der Waals surface area contributed by atoms with Crippen LogP contribution < -0.4 is 5.73 Å². The molecule has 6 nitrogen and oxygen atoms in total. The molecule has 0 saturated carbocycles. The molecule has 6 heteroatoms. The van der Waals surface area contributed by atoms with Crippen LogP contribution in [0.3, 0.4) is 0 Å². The molecule has 0 bridgehead atoms. The highest BCUT2D eigenvalue weighted by atomic mass is 16.3. The summed E-state index contributed by atoms with van der Waals surface area (Å²) < 4.78 is 5.20. The Bertz CT molecular complexity index is 479. The van der Waals surface area contributed by atoms with Gasteiger partial charge in [0, 0.05) is 25.2 Å². The van der Waals surface area contributed by atoms with Gasteiger partial charge in [0.25, 0.3) is 5.91 Å². The van der Waals surface area contributed by atoms with Crippen molar-refractivity contribution in [2.75, 3.05) is 26.2 Å². The van der Waals surface area contributed by atoms with Crippen molar-refractivity contribution in [3.63, 3.8) is 0 Å². The molecule has 0 aliphatic carbocycles. The summed E-state index contributed by atoms with van der Waals surface area (Å²) in [7, 11) is 0. The molecule has 1 aromatic rings. The molecule has 1 unspecified atom stereocenters. The highest BCUT2D eigenvalue weighted by Gasteiger charge is 2.33. The maximum Gasteiger partial charge on any atom is 0.291 e. The van der Waals surface area contributed by atoms with Crippen LogP contribution in [0.2, 0.25) is 0 Å². The fraction of sp³-hybridized carbons (Fsp3) is 0.714. The van der Waals surface area contributed by atoms with Crippen LogP contribution in [0.1, 0.15) is 35.5 Å². The number of rotatable bonds is 2. The third kappa shape index (κ3) is 2.58. The number of hydrogen-bond donors (Lipinski definition) is 1. The first kappa shape index (κ1) is 13.6. The van der Waals surface area contributed by atoms with E-state index in [0.29, 0.717) is 23.5 Å². The zero-order valence-corrected chi connectivity index (χ0v) is 11.9. The first-order chi connectivity index (χ1) is 9.65. The van der Waals surface area contributed by atoms with E-state index in [0.717, 1.165) is 45.4 Å². The number of aromatic nitrogens is 1. The Morgan fingerprint density at radius 3 is 2.75 bits per heavy atom. The van der Waals surface area contributed by atoms with Crippen molar-refractivity contribution in [2.24, 2.45) is 5.73 Å². The monoisotopic (exact) mass is 278 g/mol. The first-order valence-electron chi connectivity index (χ1n) is 7.34. The summed E-state index contributed by atoms with van der Waals surface area (Å²) in [6.07, 6.45) is 4.49. The summed E-state index contributed by atoms with van der Waals surface area (Å²) >= 11 is 0. The molecule has 110 valence electrons. The number of nitrogens with two attached hydrogens (primary N) is 1. The van der Waals surface area contributed by atoms with Crippen LogP contribution in [0.5, 0.6) is 0 Å². The number of nitrogens with zero attached hydrogens (tertiary/aromatic N) is 3. The van der Waals surface area contributed by atoms with Gasteiger partial charge < -0.3 is 15.1 Å². The molecule has 1 aromatic heterocycles. The summed E-state index contributed by atoms with van der Waals surface area (Å²) in [5, 5.41) is 0. The van der Waals surface area contributed by atoms with Crippen LogP contribution in [-0.4, -0.2) is 59.0 Å². The van der Waals surface area contributed by atoms with E-state index in [-0.39, 0.29) is 5.91 Å². The van der Waals surface area contributed by atoms with E-state index in [2.05, 4.69) is 9.88 Å². The fourth-order valence-corrected chi connectivity index (χ4v) is 3.16. The van der Waals surface area contributed by atoms with Gasteiger partial charge in [-0.3, -0.25) is 9.69 Å². The van der Waals surface area contributed by atoms with Gasteiger partial charge in [-0.2, -0.15) is 0 Å². The molecule has 2 saturated heterocycles. The Kier molecular flexibility index (Phi) is 3.76. The standard InChI is InChI=1S/C14H22N4O2/c1-10-13(20-9-16-10)14(19)18-7-4-12(8-18)17-5-2-11(15)3-6-17/h9,11-12H,2-8,15H2,1H3. The average Bonchev–Trinajstić information content (AvgIpc) is 3.08. The van der Waals surface area contributed by atoms with Crippen LogP contribution in [0.25, 0.3) is 0 Å². The normalized spacial score (nSPS) is 25.3. The Labute approximate surface area is 118 Å². The number of aryl methyl sites for hydroxylation is 1. The van der Waals surface area contributed by atoms with E-state index < -0.39 is 0 Å². The largest absolute Gasteiger partial charge is 0.438 e. The van der Waals surface area contributed by atoms with E-state index in [9.17, 15) is 4.79 Å². The highest BCUT2D eigenvalue weighted by Crippen LogP contribution is 2.22. The van der Waals surface area contributed by atoms with E-state index in [1.54, 1.807) is 6.92 Å². The molecule has 2 N–H and O–H groups in total. The number of likely N-dealkylation sites (tertiary alicyclic amines) is 2. The maximum absolute atomic E-state index is 12.4. The van der Waals surface area contributed by atoms with E-state index >= 15 is 0 Å². The lowest BCUT2D eigenvalue weighted by atomic mass is 10.0. The third-order valence-corrected chi connectivity index (χ3v) is 4.48. The van der Waals surface area contributed by atoms with Crippen molar-refractivity contribution < 1.29 is 9.21 Å². The first-order valence-corrected chi connectivity index (χ1v) is 7.34. The SMILES string of the molecule is Cc1ncoc1C(=O)N1CCC(N2CCC(N)CC2)C1. The van der Waals surface area contributed by atoms with Crippen LogP contribution in [0.4, 0.5) is 0 Å². The van der Waals surface area contributed by atoms with Crippen LogP contribution in [0, 0.1) is 6.92 Å². The quantitative estimate of drug-likeness (QED) is 0.858. The Morgan fingerprint density at radius 2 is 2.10 bits per heavy atom.